The Labute approximate surface area is 64.6 Å². The Kier molecular flexibility index (Phi) is 24.6. The molecule has 0 aliphatic heterocycles. The van der Waals surface area contributed by atoms with E-state index in [1.807, 2.05) is 26.0 Å². The molecule has 0 atom stereocenters. The molecule has 0 amide bonds. The van der Waals surface area contributed by atoms with Crippen molar-refractivity contribution in [1.82, 2.24) is 4.90 Å². The van der Waals surface area contributed by atoms with Gasteiger partial charge in [0.15, 0.2) is 0 Å². The van der Waals surface area contributed by atoms with E-state index >= 15 is 0 Å². The summed E-state index contributed by atoms with van der Waals surface area (Å²) in [4.78, 5) is 2.00. The maximum absolute atomic E-state index is 2.00. The Morgan fingerprint density at radius 3 is 1.17 bits per heavy atom. The summed E-state index contributed by atoms with van der Waals surface area (Å²) in [5.41, 5.74) is 0. The van der Waals surface area contributed by atoms with Gasteiger partial charge in [-0.2, -0.15) is 0 Å². The van der Waals surface area contributed by atoms with Crippen molar-refractivity contribution in [3.05, 3.63) is 0 Å². The standard InChI is InChI=1S/C3H9N.ClH.Mg.2H/c1-4(2)3;;;;/h1-3H3;1H;;;/q;;+2;2*-1. The molecule has 6 heavy (non-hydrogen) atoms. The maximum atomic E-state index is 2.00. The molecule has 0 aromatic rings. The van der Waals surface area contributed by atoms with Crippen LogP contribution in [0.3, 0.4) is 0 Å². The second-order valence-corrected chi connectivity index (χ2v) is 1.34. The quantitative estimate of drug-likeness (QED) is 0.421. The minimum Gasteiger partial charge on any atom is -1.00 e. The fraction of sp³-hybridized carbons (Fsp3) is 1.00. The van der Waals surface area contributed by atoms with Crippen molar-refractivity contribution in [3.8, 4) is 0 Å². The number of halogens is 1. The molecule has 38 valence electrons. The topological polar surface area (TPSA) is 3.24 Å². The third-order valence-corrected chi connectivity index (χ3v) is 0. The van der Waals surface area contributed by atoms with Gasteiger partial charge in [-0.1, -0.05) is 0 Å². The summed E-state index contributed by atoms with van der Waals surface area (Å²) in [6.07, 6.45) is 0. The van der Waals surface area contributed by atoms with Crippen LogP contribution < -0.4 is 0 Å². The third-order valence-electron chi connectivity index (χ3n) is 0. The number of rotatable bonds is 0. The predicted molar refractivity (Wildman–Crippen MR) is 34.8 cm³/mol. The van der Waals surface area contributed by atoms with Crippen LogP contribution in [0, 0.1) is 0 Å². The van der Waals surface area contributed by atoms with Gasteiger partial charge in [0.2, 0.25) is 0 Å². The van der Waals surface area contributed by atoms with E-state index in [0.717, 1.165) is 0 Å². The maximum Gasteiger partial charge on any atom is 2.00 e. The van der Waals surface area contributed by atoms with Crippen molar-refractivity contribution in [2.75, 3.05) is 21.1 Å². The van der Waals surface area contributed by atoms with Gasteiger partial charge in [-0.3, -0.25) is 0 Å². The van der Waals surface area contributed by atoms with Crippen LogP contribution in [-0.4, -0.2) is 49.1 Å². The van der Waals surface area contributed by atoms with Gasteiger partial charge < -0.3 is 7.75 Å². The molecule has 3 heteroatoms. The molecule has 0 heterocycles. The summed E-state index contributed by atoms with van der Waals surface area (Å²) < 4.78 is 0. The Balaban J connectivity index is -0.00000000750. The molecule has 0 saturated carbocycles. The first-order valence-corrected chi connectivity index (χ1v) is 1.34. The summed E-state index contributed by atoms with van der Waals surface area (Å²) in [7, 11) is 6.00. The van der Waals surface area contributed by atoms with Crippen LogP contribution in [0.4, 0.5) is 0 Å². The molecule has 0 aliphatic rings. The molecule has 0 unspecified atom stereocenters. The Morgan fingerprint density at radius 1 is 1.17 bits per heavy atom. The second kappa shape index (κ2) is 9.39. The van der Waals surface area contributed by atoms with Crippen molar-refractivity contribution in [2.24, 2.45) is 0 Å². The molecule has 0 N–H and O–H groups in total. The van der Waals surface area contributed by atoms with E-state index in [9.17, 15) is 0 Å². The van der Waals surface area contributed by atoms with E-state index in [4.69, 9.17) is 0 Å². The molecule has 0 aromatic heterocycles. The summed E-state index contributed by atoms with van der Waals surface area (Å²) in [5, 5.41) is 0. The van der Waals surface area contributed by atoms with E-state index in [0.29, 0.717) is 0 Å². The molecular formula is C3H12ClMgN. The first-order valence-electron chi connectivity index (χ1n) is 1.34. The first-order chi connectivity index (χ1) is 1.73. The van der Waals surface area contributed by atoms with Crippen molar-refractivity contribution >= 4 is 35.5 Å². The van der Waals surface area contributed by atoms with Gasteiger partial charge in [-0.25, -0.2) is 0 Å². The monoisotopic (exact) mass is 121 g/mol. The molecule has 0 fully saturated rings. The zero-order chi connectivity index (χ0) is 3.58. The van der Waals surface area contributed by atoms with Crippen LogP contribution in [0.15, 0.2) is 0 Å². The first kappa shape index (κ1) is 15.7. The molecular weight excluding hydrogens is 110 g/mol. The number of nitrogens with zero attached hydrogens (tertiary/aromatic N) is 1. The van der Waals surface area contributed by atoms with Gasteiger partial charge in [0.1, 0.15) is 0 Å². The molecule has 0 radical (unpaired) electrons. The van der Waals surface area contributed by atoms with Crippen LogP contribution in [0.5, 0.6) is 0 Å². The van der Waals surface area contributed by atoms with E-state index in [-0.39, 0.29) is 38.3 Å². The summed E-state index contributed by atoms with van der Waals surface area (Å²) in [6, 6.07) is 0. The average Bonchev–Trinajstić information content (AvgIpc) is 0.811. The fourth-order valence-corrected chi connectivity index (χ4v) is 0. The molecule has 0 aliphatic carbocycles. The average molecular weight is 122 g/mol. The van der Waals surface area contributed by atoms with E-state index in [1.54, 1.807) is 0 Å². The fourth-order valence-electron chi connectivity index (χ4n) is 0. The van der Waals surface area contributed by atoms with E-state index in [2.05, 4.69) is 0 Å². The molecule has 0 aromatic carbocycles. The molecule has 1 nitrogen and oxygen atoms in total. The smallest absolute Gasteiger partial charge is 1.00 e. The zero-order valence-corrected chi connectivity index (χ0v) is 6.79. The van der Waals surface area contributed by atoms with Crippen molar-refractivity contribution in [3.63, 3.8) is 0 Å². The van der Waals surface area contributed by atoms with Crippen LogP contribution in [0.25, 0.3) is 0 Å². The Bertz CT molecular complexity index is 22.0. The van der Waals surface area contributed by atoms with Gasteiger partial charge >= 0.3 is 23.1 Å². The summed E-state index contributed by atoms with van der Waals surface area (Å²) in [6.45, 7) is 0. The minimum absolute atomic E-state index is 0. The van der Waals surface area contributed by atoms with Gasteiger partial charge in [0.05, 0.1) is 0 Å². The van der Waals surface area contributed by atoms with Crippen molar-refractivity contribution in [1.29, 1.82) is 0 Å². The number of hydrogen-bond acceptors (Lipinski definition) is 1. The van der Waals surface area contributed by atoms with Gasteiger partial charge in [-0.15, -0.1) is 12.4 Å². The third kappa shape index (κ3) is 78.3. The molecule has 0 spiro atoms. The van der Waals surface area contributed by atoms with Crippen LogP contribution >= 0.6 is 12.4 Å². The van der Waals surface area contributed by atoms with Gasteiger partial charge in [0, 0.05) is 0 Å². The van der Waals surface area contributed by atoms with Crippen molar-refractivity contribution in [2.45, 2.75) is 0 Å². The summed E-state index contributed by atoms with van der Waals surface area (Å²) in [5.74, 6) is 0. The van der Waals surface area contributed by atoms with Crippen LogP contribution in [0.2, 0.25) is 0 Å². The number of hydrogen-bond donors (Lipinski definition) is 0. The van der Waals surface area contributed by atoms with E-state index in [1.165, 1.54) is 0 Å². The van der Waals surface area contributed by atoms with Crippen LogP contribution in [-0.2, 0) is 0 Å². The Hall–Kier alpha value is 1.02. The largest absolute Gasteiger partial charge is 2.00 e. The zero-order valence-electron chi connectivity index (χ0n) is 6.56. The second-order valence-electron chi connectivity index (χ2n) is 1.34. The molecule has 0 rings (SSSR count). The minimum atomic E-state index is 0. The van der Waals surface area contributed by atoms with Crippen molar-refractivity contribution < 1.29 is 2.85 Å². The van der Waals surface area contributed by atoms with Gasteiger partial charge in [0.25, 0.3) is 0 Å². The summed E-state index contributed by atoms with van der Waals surface area (Å²) >= 11 is 0. The predicted octanol–water partition coefficient (Wildman–Crippen LogP) is 0.444. The van der Waals surface area contributed by atoms with Gasteiger partial charge in [-0.05, 0) is 21.1 Å². The normalized spacial score (nSPS) is 6.00. The molecule has 0 bridgehead atoms. The SMILES string of the molecule is CN(C)C.Cl.[H-].[H-].[Mg+2]. The molecule has 0 saturated heterocycles. The Morgan fingerprint density at radius 2 is 1.17 bits per heavy atom. The van der Waals surface area contributed by atoms with Crippen LogP contribution in [0.1, 0.15) is 2.85 Å². The van der Waals surface area contributed by atoms with E-state index < -0.39 is 0 Å².